The zero-order valence-corrected chi connectivity index (χ0v) is 13.9. The molecule has 5 atom stereocenters. The summed E-state index contributed by atoms with van der Waals surface area (Å²) < 4.78 is 0. The van der Waals surface area contributed by atoms with E-state index in [0.717, 1.165) is 30.6 Å². The van der Waals surface area contributed by atoms with E-state index in [4.69, 9.17) is 0 Å². The lowest BCUT2D eigenvalue weighted by molar-refractivity contribution is -0.133. The summed E-state index contributed by atoms with van der Waals surface area (Å²) in [6, 6.07) is 0. The largest absolute Gasteiger partial charge is 0.478 e. The number of carboxylic acid groups (broad SMARTS) is 1. The molecule has 1 N–H and O–H groups in total. The first-order chi connectivity index (χ1) is 10.4. The van der Waals surface area contributed by atoms with E-state index in [0.29, 0.717) is 11.0 Å². The van der Waals surface area contributed by atoms with Gasteiger partial charge in [0.25, 0.3) is 0 Å². The van der Waals surface area contributed by atoms with Crippen LogP contribution in [0.1, 0.15) is 65.2 Å². The van der Waals surface area contributed by atoms with Gasteiger partial charge >= 0.3 is 5.97 Å². The molecule has 4 aliphatic rings. The number of hydrogen-bond acceptors (Lipinski definition) is 1. The van der Waals surface area contributed by atoms with E-state index in [-0.39, 0.29) is 5.41 Å². The fourth-order valence-corrected chi connectivity index (χ4v) is 6.49. The van der Waals surface area contributed by atoms with Crippen molar-refractivity contribution >= 4 is 5.97 Å². The summed E-state index contributed by atoms with van der Waals surface area (Å²) in [5, 5.41) is 9.31. The lowest BCUT2D eigenvalue weighted by Crippen LogP contribution is -2.48. The standard InChI is InChI=1S/C20H28O2/c1-19-9-3-4-16(19)15-6-5-14-12-13(18(21)22)7-11-20(14,2)17(15)8-10-19/h5,12,15-17H,3-4,6-11H2,1-2H3,(H,21,22). The van der Waals surface area contributed by atoms with Crippen LogP contribution in [0.4, 0.5) is 0 Å². The molecule has 2 nitrogen and oxygen atoms in total. The highest BCUT2D eigenvalue weighted by Crippen LogP contribution is 2.64. The van der Waals surface area contributed by atoms with Crippen LogP contribution < -0.4 is 0 Å². The van der Waals surface area contributed by atoms with Gasteiger partial charge in [0.15, 0.2) is 0 Å². The first-order valence-electron chi connectivity index (χ1n) is 9.08. The lowest BCUT2D eigenvalue weighted by Gasteiger charge is -2.56. The number of carbonyl (C=O) groups is 1. The number of allylic oxidation sites excluding steroid dienone is 3. The Morgan fingerprint density at radius 2 is 2.00 bits per heavy atom. The lowest BCUT2D eigenvalue weighted by atomic mass is 9.48. The first-order valence-corrected chi connectivity index (χ1v) is 9.08. The zero-order chi connectivity index (χ0) is 15.5. The van der Waals surface area contributed by atoms with Crippen molar-refractivity contribution in [1.82, 2.24) is 0 Å². The molecule has 2 fully saturated rings. The van der Waals surface area contributed by atoms with Gasteiger partial charge < -0.3 is 5.11 Å². The molecule has 0 spiro atoms. The quantitative estimate of drug-likeness (QED) is 0.743. The second kappa shape index (κ2) is 4.72. The summed E-state index contributed by atoms with van der Waals surface area (Å²) in [5.74, 6) is 1.80. The highest BCUT2D eigenvalue weighted by Gasteiger charge is 2.55. The van der Waals surface area contributed by atoms with E-state index in [2.05, 4.69) is 19.9 Å². The van der Waals surface area contributed by atoms with Crippen molar-refractivity contribution in [2.45, 2.75) is 65.2 Å². The van der Waals surface area contributed by atoms with Gasteiger partial charge in [-0.3, -0.25) is 0 Å². The van der Waals surface area contributed by atoms with E-state index in [1.54, 1.807) is 0 Å². The van der Waals surface area contributed by atoms with Gasteiger partial charge in [0.05, 0.1) is 0 Å². The van der Waals surface area contributed by atoms with Crippen molar-refractivity contribution in [3.8, 4) is 0 Å². The molecule has 22 heavy (non-hydrogen) atoms. The second-order valence-corrected chi connectivity index (χ2v) is 8.75. The van der Waals surface area contributed by atoms with Crippen molar-refractivity contribution in [3.05, 3.63) is 23.3 Å². The number of carboxylic acids is 1. The van der Waals surface area contributed by atoms with Gasteiger partial charge in [0.1, 0.15) is 0 Å². The molecule has 0 aliphatic heterocycles. The topological polar surface area (TPSA) is 37.3 Å². The first kappa shape index (κ1) is 14.5. The Balaban J connectivity index is 1.70. The summed E-state index contributed by atoms with van der Waals surface area (Å²) in [6.45, 7) is 4.95. The minimum atomic E-state index is -0.725. The van der Waals surface area contributed by atoms with Crippen molar-refractivity contribution in [3.63, 3.8) is 0 Å². The molecule has 0 heterocycles. The molecule has 0 bridgehead atoms. The van der Waals surface area contributed by atoms with E-state index in [9.17, 15) is 9.90 Å². The van der Waals surface area contributed by atoms with E-state index in [1.807, 2.05) is 6.08 Å². The van der Waals surface area contributed by atoms with Crippen LogP contribution in [0.5, 0.6) is 0 Å². The maximum Gasteiger partial charge on any atom is 0.331 e. The Kier molecular flexibility index (Phi) is 3.12. The normalized spacial score (nSPS) is 46.9. The maximum absolute atomic E-state index is 11.3. The second-order valence-electron chi connectivity index (χ2n) is 8.75. The Labute approximate surface area is 133 Å². The summed E-state index contributed by atoms with van der Waals surface area (Å²) in [6.07, 6.45) is 14.4. The SMILES string of the molecule is CC12CCCC1C1CC=C3C=C(C(=O)O)CCC3(C)C1CC2. The van der Waals surface area contributed by atoms with Gasteiger partial charge in [-0.05, 0) is 85.2 Å². The molecule has 0 aromatic rings. The monoisotopic (exact) mass is 300 g/mol. The summed E-state index contributed by atoms with van der Waals surface area (Å²) in [7, 11) is 0. The minimum Gasteiger partial charge on any atom is -0.478 e. The van der Waals surface area contributed by atoms with Gasteiger partial charge in [-0.2, -0.15) is 0 Å². The predicted octanol–water partition coefficient (Wildman–Crippen LogP) is 4.96. The van der Waals surface area contributed by atoms with Crippen LogP contribution in [0, 0.1) is 28.6 Å². The van der Waals surface area contributed by atoms with Crippen LogP contribution in [0.25, 0.3) is 0 Å². The summed E-state index contributed by atoms with van der Waals surface area (Å²) in [5.41, 5.74) is 2.77. The highest BCUT2D eigenvalue weighted by molar-refractivity contribution is 5.87. The van der Waals surface area contributed by atoms with E-state index in [1.165, 1.54) is 44.1 Å². The molecular weight excluding hydrogens is 272 g/mol. The molecule has 4 rings (SSSR count). The molecule has 0 aromatic carbocycles. The van der Waals surface area contributed by atoms with Crippen LogP contribution in [-0.2, 0) is 4.79 Å². The summed E-state index contributed by atoms with van der Waals surface area (Å²) >= 11 is 0. The highest BCUT2D eigenvalue weighted by atomic mass is 16.4. The minimum absolute atomic E-state index is 0.228. The van der Waals surface area contributed by atoms with Crippen molar-refractivity contribution in [2.24, 2.45) is 28.6 Å². The fraction of sp³-hybridized carbons (Fsp3) is 0.750. The van der Waals surface area contributed by atoms with Crippen LogP contribution in [0.15, 0.2) is 23.3 Å². The Hall–Kier alpha value is -1.05. The zero-order valence-electron chi connectivity index (χ0n) is 13.9. The van der Waals surface area contributed by atoms with Crippen LogP contribution in [0.2, 0.25) is 0 Å². The molecule has 5 unspecified atom stereocenters. The van der Waals surface area contributed by atoms with Gasteiger partial charge in [-0.15, -0.1) is 0 Å². The van der Waals surface area contributed by atoms with E-state index < -0.39 is 5.97 Å². The number of fused-ring (bicyclic) bond motifs is 5. The number of rotatable bonds is 1. The molecule has 4 aliphatic carbocycles. The molecule has 0 saturated heterocycles. The molecule has 0 amide bonds. The van der Waals surface area contributed by atoms with E-state index >= 15 is 0 Å². The van der Waals surface area contributed by atoms with Gasteiger partial charge in [-0.1, -0.05) is 26.3 Å². The molecule has 120 valence electrons. The Morgan fingerprint density at radius 3 is 2.77 bits per heavy atom. The number of hydrogen-bond donors (Lipinski definition) is 1. The Morgan fingerprint density at radius 1 is 1.18 bits per heavy atom. The van der Waals surface area contributed by atoms with Gasteiger partial charge in [0.2, 0.25) is 0 Å². The van der Waals surface area contributed by atoms with Crippen LogP contribution in [0.3, 0.4) is 0 Å². The smallest absolute Gasteiger partial charge is 0.331 e. The van der Waals surface area contributed by atoms with Crippen molar-refractivity contribution < 1.29 is 9.90 Å². The molecule has 2 saturated carbocycles. The molecule has 0 radical (unpaired) electrons. The average Bonchev–Trinajstić information content (AvgIpc) is 2.88. The van der Waals surface area contributed by atoms with Gasteiger partial charge in [-0.25, -0.2) is 4.79 Å². The third-order valence-corrected chi connectivity index (χ3v) is 7.82. The fourth-order valence-electron chi connectivity index (χ4n) is 6.49. The van der Waals surface area contributed by atoms with Crippen LogP contribution in [-0.4, -0.2) is 11.1 Å². The number of aliphatic carboxylic acids is 1. The van der Waals surface area contributed by atoms with Gasteiger partial charge in [0, 0.05) is 5.57 Å². The average molecular weight is 300 g/mol. The summed E-state index contributed by atoms with van der Waals surface area (Å²) in [4.78, 5) is 11.3. The third-order valence-electron chi connectivity index (χ3n) is 7.82. The van der Waals surface area contributed by atoms with Crippen LogP contribution >= 0.6 is 0 Å². The maximum atomic E-state index is 11.3. The third kappa shape index (κ3) is 1.88. The van der Waals surface area contributed by atoms with Crippen molar-refractivity contribution in [1.29, 1.82) is 0 Å². The Bertz CT molecular complexity index is 572. The molecule has 2 heteroatoms. The predicted molar refractivity (Wildman–Crippen MR) is 87.4 cm³/mol. The molecule has 0 aromatic heterocycles. The van der Waals surface area contributed by atoms with Crippen molar-refractivity contribution in [2.75, 3.05) is 0 Å². The molecular formula is C20H28O2.